The van der Waals surface area contributed by atoms with Gasteiger partial charge in [-0.3, -0.25) is 14.5 Å². The minimum Gasteiger partial charge on any atom is -0.497 e. The summed E-state index contributed by atoms with van der Waals surface area (Å²) in [6.45, 7) is 2.38. The Morgan fingerprint density at radius 3 is 2.38 bits per heavy atom. The monoisotopic (exact) mass is 517 g/mol. The molecule has 1 aliphatic heterocycles. The Hall–Kier alpha value is -4.11. The summed E-state index contributed by atoms with van der Waals surface area (Å²) in [6, 6.07) is 23.3. The molecule has 0 spiro atoms. The highest BCUT2D eigenvalue weighted by Crippen LogP contribution is 2.31. The van der Waals surface area contributed by atoms with E-state index in [9.17, 15) is 14.4 Å². The fourth-order valence-corrected chi connectivity index (χ4v) is 4.75. The second kappa shape index (κ2) is 12.2. The van der Waals surface area contributed by atoms with Crippen molar-refractivity contribution in [1.29, 1.82) is 0 Å². The Morgan fingerprint density at radius 2 is 1.73 bits per heavy atom. The summed E-state index contributed by atoms with van der Waals surface area (Å²) < 4.78 is 10.2. The van der Waals surface area contributed by atoms with Crippen LogP contribution in [-0.4, -0.2) is 46.8 Å². The minimum absolute atomic E-state index is 0.0336. The fraction of sp³-hybridized carbons (Fsp3) is 0.214. The topological polar surface area (TPSA) is 97.3 Å². The van der Waals surface area contributed by atoms with Crippen LogP contribution in [0, 0.1) is 0 Å². The van der Waals surface area contributed by atoms with Crippen molar-refractivity contribution in [3.63, 3.8) is 0 Å². The Kier molecular flexibility index (Phi) is 8.58. The molecule has 2 amide bonds. The van der Waals surface area contributed by atoms with Gasteiger partial charge in [0.25, 0.3) is 0 Å². The van der Waals surface area contributed by atoms with E-state index in [0.717, 1.165) is 5.56 Å². The van der Waals surface area contributed by atoms with Crippen molar-refractivity contribution < 1.29 is 23.9 Å². The molecule has 1 heterocycles. The molecule has 1 saturated heterocycles. The van der Waals surface area contributed by atoms with Crippen molar-refractivity contribution >= 4 is 46.1 Å². The highest BCUT2D eigenvalue weighted by molar-refractivity contribution is 8.15. The Bertz CT molecular complexity index is 1280. The molecule has 1 N–H and O–H groups in total. The zero-order valence-corrected chi connectivity index (χ0v) is 21.4. The number of carbonyl (C=O) groups excluding carboxylic acids is 3. The lowest BCUT2D eigenvalue weighted by Crippen LogP contribution is -2.44. The molecule has 3 aromatic carbocycles. The largest absolute Gasteiger partial charge is 0.497 e. The van der Waals surface area contributed by atoms with Gasteiger partial charge in [-0.05, 0) is 61.0 Å². The lowest BCUT2D eigenvalue weighted by molar-refractivity contribution is -0.129. The molecule has 0 saturated carbocycles. The van der Waals surface area contributed by atoms with Crippen LogP contribution in [0.2, 0.25) is 0 Å². The first-order valence-electron chi connectivity index (χ1n) is 11.8. The van der Waals surface area contributed by atoms with Gasteiger partial charge in [-0.2, -0.15) is 0 Å². The van der Waals surface area contributed by atoms with Crippen LogP contribution in [0.25, 0.3) is 0 Å². The van der Waals surface area contributed by atoms with Crippen molar-refractivity contribution in [3.8, 4) is 5.75 Å². The van der Waals surface area contributed by atoms with Gasteiger partial charge in [0.15, 0.2) is 5.17 Å². The van der Waals surface area contributed by atoms with Crippen molar-refractivity contribution in [2.24, 2.45) is 4.99 Å². The lowest BCUT2D eigenvalue weighted by atomic mass is 10.2. The molecule has 0 radical (unpaired) electrons. The number of esters is 1. The van der Waals surface area contributed by atoms with Crippen LogP contribution in [0.5, 0.6) is 5.75 Å². The Morgan fingerprint density at radius 1 is 1.03 bits per heavy atom. The molecule has 9 heteroatoms. The quantitative estimate of drug-likeness (QED) is 0.421. The molecule has 0 unspecified atom stereocenters. The number of aliphatic imine (C=N–C) groups is 1. The fourth-order valence-electron chi connectivity index (χ4n) is 3.66. The molecule has 1 atom stereocenters. The van der Waals surface area contributed by atoms with E-state index in [0.29, 0.717) is 34.4 Å². The number of amides is 2. The first kappa shape index (κ1) is 26.0. The summed E-state index contributed by atoms with van der Waals surface area (Å²) in [5.41, 5.74) is 2.52. The molecule has 37 heavy (non-hydrogen) atoms. The maximum atomic E-state index is 13.2. The number of nitrogens with zero attached hydrogens (tertiary/aromatic N) is 2. The van der Waals surface area contributed by atoms with E-state index in [1.807, 2.05) is 30.3 Å². The number of hydrogen-bond donors (Lipinski definition) is 1. The summed E-state index contributed by atoms with van der Waals surface area (Å²) in [6.07, 6.45) is 0.0336. The predicted octanol–water partition coefficient (Wildman–Crippen LogP) is 5.03. The van der Waals surface area contributed by atoms with Gasteiger partial charge in [0.2, 0.25) is 11.8 Å². The van der Waals surface area contributed by atoms with E-state index < -0.39 is 11.2 Å². The van der Waals surface area contributed by atoms with Gasteiger partial charge in [-0.1, -0.05) is 42.1 Å². The molecular formula is C28H27N3O5S. The van der Waals surface area contributed by atoms with E-state index in [1.165, 1.54) is 11.8 Å². The highest BCUT2D eigenvalue weighted by Gasteiger charge is 2.36. The average Bonchev–Trinajstić information content (AvgIpc) is 2.92. The Labute approximate surface area is 219 Å². The van der Waals surface area contributed by atoms with Crippen LogP contribution in [0.3, 0.4) is 0 Å². The summed E-state index contributed by atoms with van der Waals surface area (Å²) >= 11 is 1.25. The van der Waals surface area contributed by atoms with Gasteiger partial charge in [-0.15, -0.1) is 0 Å². The second-order valence-electron chi connectivity index (χ2n) is 8.16. The maximum absolute atomic E-state index is 13.2. The number of hydrogen-bond acceptors (Lipinski definition) is 7. The van der Waals surface area contributed by atoms with Crippen LogP contribution >= 0.6 is 11.8 Å². The molecular weight excluding hydrogens is 490 g/mol. The van der Waals surface area contributed by atoms with Crippen molar-refractivity contribution in [1.82, 2.24) is 4.90 Å². The van der Waals surface area contributed by atoms with Crippen LogP contribution in [-0.2, 0) is 20.9 Å². The molecule has 1 aliphatic rings. The molecule has 4 rings (SSSR count). The predicted molar refractivity (Wildman–Crippen MR) is 144 cm³/mol. The lowest BCUT2D eigenvalue weighted by Gasteiger charge is -2.32. The van der Waals surface area contributed by atoms with Crippen LogP contribution in [0.15, 0.2) is 83.9 Å². The highest BCUT2D eigenvalue weighted by atomic mass is 32.2. The molecule has 0 aliphatic carbocycles. The van der Waals surface area contributed by atoms with Crippen LogP contribution < -0.4 is 10.1 Å². The molecule has 190 valence electrons. The molecule has 1 fully saturated rings. The van der Waals surface area contributed by atoms with Gasteiger partial charge in [0, 0.05) is 12.1 Å². The summed E-state index contributed by atoms with van der Waals surface area (Å²) in [5.74, 6) is -0.230. The zero-order chi connectivity index (χ0) is 26.2. The van der Waals surface area contributed by atoms with Crippen LogP contribution in [0.4, 0.5) is 11.4 Å². The van der Waals surface area contributed by atoms with Crippen molar-refractivity contribution in [3.05, 3.63) is 90.0 Å². The third kappa shape index (κ3) is 6.77. The number of nitrogens with one attached hydrogen (secondary N) is 1. The number of rotatable bonds is 8. The standard InChI is InChI=1S/C28H27N3O5S/c1-3-36-27(34)20-9-11-21(12-10-20)29-26(33)24-17-25(32)31(18-19-7-5-4-6-8-19)28(37-24)30-22-13-15-23(35-2)16-14-22/h4-16,24H,3,17-18H2,1-2H3,(H,29,33)/t24-/m1/s1. The number of thioether (sulfide) groups is 1. The van der Waals surface area contributed by atoms with Gasteiger partial charge in [0.1, 0.15) is 11.0 Å². The maximum Gasteiger partial charge on any atom is 0.338 e. The van der Waals surface area contributed by atoms with Gasteiger partial charge in [0.05, 0.1) is 31.5 Å². The Balaban J connectivity index is 1.53. The number of benzene rings is 3. The minimum atomic E-state index is -0.666. The molecule has 8 nitrogen and oxygen atoms in total. The number of anilines is 1. The summed E-state index contributed by atoms with van der Waals surface area (Å²) in [5, 5.41) is 2.62. The van der Waals surface area contributed by atoms with Gasteiger partial charge in [-0.25, -0.2) is 9.79 Å². The third-order valence-corrected chi connectivity index (χ3v) is 6.76. The normalized spacial score (nSPS) is 16.4. The van der Waals surface area contributed by atoms with E-state index in [1.54, 1.807) is 67.5 Å². The molecule has 3 aromatic rings. The van der Waals surface area contributed by atoms with Crippen molar-refractivity contribution in [2.75, 3.05) is 19.0 Å². The number of carbonyl (C=O) groups is 3. The summed E-state index contributed by atoms with van der Waals surface area (Å²) in [4.78, 5) is 44.5. The second-order valence-corrected chi connectivity index (χ2v) is 9.33. The van der Waals surface area contributed by atoms with Gasteiger partial charge >= 0.3 is 5.97 Å². The van der Waals surface area contributed by atoms with Crippen molar-refractivity contribution in [2.45, 2.75) is 25.1 Å². The summed E-state index contributed by atoms with van der Waals surface area (Å²) in [7, 11) is 1.59. The van der Waals surface area contributed by atoms with E-state index in [4.69, 9.17) is 14.5 Å². The number of methoxy groups -OCH3 is 1. The van der Waals surface area contributed by atoms with E-state index >= 15 is 0 Å². The first-order chi connectivity index (χ1) is 18.0. The SMILES string of the molecule is CCOC(=O)c1ccc(NC(=O)[C@H]2CC(=O)N(Cc3ccccc3)C(=Nc3ccc(OC)cc3)S2)cc1. The first-order valence-corrected chi connectivity index (χ1v) is 12.7. The zero-order valence-electron chi connectivity index (χ0n) is 20.5. The molecule has 0 bridgehead atoms. The van der Waals surface area contributed by atoms with Gasteiger partial charge < -0.3 is 14.8 Å². The molecule has 0 aromatic heterocycles. The van der Waals surface area contributed by atoms with E-state index in [-0.39, 0.29) is 24.8 Å². The third-order valence-electron chi connectivity index (χ3n) is 5.58. The van der Waals surface area contributed by atoms with E-state index in [2.05, 4.69) is 5.32 Å². The van der Waals surface area contributed by atoms with Crippen LogP contribution in [0.1, 0.15) is 29.3 Å². The average molecular weight is 518 g/mol. The smallest absolute Gasteiger partial charge is 0.338 e. The number of ether oxygens (including phenoxy) is 2. The number of amidine groups is 1.